The van der Waals surface area contributed by atoms with Gasteiger partial charge in [-0.25, -0.2) is 4.79 Å². The lowest BCUT2D eigenvalue weighted by Gasteiger charge is -2.68. The molecule has 2 bridgehead atoms. The van der Waals surface area contributed by atoms with E-state index in [2.05, 4.69) is 57.3 Å². The summed E-state index contributed by atoms with van der Waals surface area (Å²) in [5.41, 5.74) is -1.36. The Morgan fingerprint density at radius 2 is 1.26 bits per heavy atom. The highest BCUT2D eigenvalue weighted by Gasteiger charge is 2.77. The zero-order chi connectivity index (χ0) is 62.0. The molecule has 4 aliphatic rings. The van der Waals surface area contributed by atoms with Crippen molar-refractivity contribution in [1.82, 2.24) is 5.32 Å². The number of nitrogens with one attached hydrogen (secondary N) is 1. The summed E-state index contributed by atoms with van der Waals surface area (Å²) < 4.78 is 31.1. The number of unbranched alkanes of at least 4 members (excludes halogenated alkanes) is 1. The van der Waals surface area contributed by atoms with Crippen molar-refractivity contribution in [3.05, 3.63) is 165 Å². The minimum atomic E-state index is -2.24. The summed E-state index contributed by atoms with van der Waals surface area (Å²) in [7, 11) is 0. The van der Waals surface area contributed by atoms with Gasteiger partial charge in [0.2, 0.25) is 6.10 Å². The highest BCUT2D eigenvalue weighted by Crippen LogP contribution is 2.66. The molecule has 1 heterocycles. The number of benzene rings is 3. The van der Waals surface area contributed by atoms with E-state index in [0.717, 1.165) is 51.0 Å². The average molecular weight is 1170 g/mol. The van der Waals surface area contributed by atoms with Crippen molar-refractivity contribution < 1.29 is 67.5 Å². The maximum absolute atomic E-state index is 15.9. The lowest BCUT2D eigenvalue weighted by atomic mass is 9.42. The third kappa shape index (κ3) is 14.6. The largest absolute Gasteiger partial charge is 0.455 e. The summed E-state index contributed by atoms with van der Waals surface area (Å²) in [4.78, 5) is 102. The molecule has 7 rings (SSSR count). The third-order valence-corrected chi connectivity index (χ3v) is 18.2. The van der Waals surface area contributed by atoms with Crippen LogP contribution >= 0.6 is 0 Å². The van der Waals surface area contributed by atoms with E-state index in [1.165, 1.54) is 30.6 Å². The Bertz CT molecular complexity index is 3100. The van der Waals surface area contributed by atoms with E-state index in [0.29, 0.717) is 12.0 Å². The van der Waals surface area contributed by atoms with Crippen molar-refractivity contribution >= 4 is 41.4 Å². The minimum absolute atomic E-state index is 0.0590. The summed E-state index contributed by atoms with van der Waals surface area (Å²) >= 11 is 0. The van der Waals surface area contributed by atoms with Crippen LogP contribution in [0.15, 0.2) is 149 Å². The summed E-state index contributed by atoms with van der Waals surface area (Å²) in [6.07, 6.45) is 5.89. The van der Waals surface area contributed by atoms with Crippen LogP contribution in [0.4, 0.5) is 0 Å². The first-order valence-corrected chi connectivity index (χ1v) is 29.9. The number of carbonyl (C=O) groups excluding carboxylic acids is 7. The van der Waals surface area contributed by atoms with Gasteiger partial charge in [0.1, 0.15) is 18.2 Å². The van der Waals surface area contributed by atoms with Crippen LogP contribution in [0, 0.1) is 22.7 Å². The second kappa shape index (κ2) is 28.0. The first kappa shape index (κ1) is 65.5. The molecule has 11 atom stereocenters. The Labute approximate surface area is 501 Å². The van der Waals surface area contributed by atoms with Gasteiger partial charge in [-0.3, -0.25) is 28.8 Å². The van der Waals surface area contributed by atoms with Gasteiger partial charge >= 0.3 is 23.9 Å². The molecule has 85 heavy (non-hydrogen) atoms. The number of carbonyl (C=O) groups is 7. The molecule has 0 aromatic heterocycles. The van der Waals surface area contributed by atoms with Crippen LogP contribution in [0.2, 0.25) is 0 Å². The predicted molar refractivity (Wildman–Crippen MR) is 322 cm³/mol. The van der Waals surface area contributed by atoms with Gasteiger partial charge in [-0.1, -0.05) is 139 Å². The fourth-order valence-electron chi connectivity index (χ4n) is 13.5. The number of hydrogen-bond donors (Lipinski definition) is 3. The van der Waals surface area contributed by atoms with Crippen molar-refractivity contribution in [2.24, 2.45) is 22.7 Å². The van der Waals surface area contributed by atoms with Crippen LogP contribution in [0.3, 0.4) is 0 Å². The molecule has 1 saturated heterocycles. The van der Waals surface area contributed by atoms with E-state index < -0.39 is 125 Å². The highest BCUT2D eigenvalue weighted by atomic mass is 16.6. The number of aliphatic hydroxyl groups is 2. The molecule has 2 saturated carbocycles. The summed E-state index contributed by atoms with van der Waals surface area (Å²) in [5.74, 6) is -8.09. The first-order valence-electron chi connectivity index (χ1n) is 29.9. The second-order valence-corrected chi connectivity index (χ2v) is 24.8. The Kier molecular flexibility index (Phi) is 21.5. The molecule has 0 spiro atoms. The normalized spacial score (nSPS) is 27.0. The smallest absolute Gasteiger partial charge is 0.350 e. The van der Waals surface area contributed by atoms with E-state index in [-0.39, 0.29) is 41.7 Å². The molecule has 3 aromatic carbocycles. The van der Waals surface area contributed by atoms with E-state index >= 15 is 9.59 Å². The molecule has 1 aliphatic heterocycles. The Balaban J connectivity index is 1.26. The van der Waals surface area contributed by atoms with E-state index in [9.17, 15) is 34.2 Å². The lowest BCUT2D eigenvalue weighted by Crippen LogP contribution is -2.80. The van der Waals surface area contributed by atoms with Crippen LogP contribution in [0.1, 0.15) is 179 Å². The number of amides is 1. The molecule has 3 fully saturated rings. The summed E-state index contributed by atoms with van der Waals surface area (Å²) in [5, 5.41) is 29.5. The number of rotatable bonds is 24. The predicted octanol–water partition coefficient (Wildman–Crippen LogP) is 11.9. The Morgan fingerprint density at radius 1 is 0.706 bits per heavy atom. The van der Waals surface area contributed by atoms with Crippen molar-refractivity contribution in [1.29, 1.82) is 0 Å². The first-order chi connectivity index (χ1) is 40.2. The van der Waals surface area contributed by atoms with Gasteiger partial charge in [0, 0.05) is 67.9 Å². The van der Waals surface area contributed by atoms with Crippen LogP contribution in [0.5, 0.6) is 0 Å². The molecule has 0 radical (unpaired) electrons. The SMILES string of the molecule is CC(=O)O[C@H]1C(=O)[C@@]2(C)[C@H](C(CC(=O)c3ccccc3)[C@]3(O)CC(OC(=O)C(OC(=O)CCC(C)=CCC/C=C(\C)CC/C=C(\C)CCC=C(C)C)[C@@H](NC(=O)c4ccccc4)c4ccccc4)C(C)=C1C3(C)C)[C@]1(OC(C)=O)CO[C@@H]1C[C@@H]2O. The second-order valence-electron chi connectivity index (χ2n) is 24.8. The Morgan fingerprint density at radius 3 is 1.81 bits per heavy atom. The van der Waals surface area contributed by atoms with Gasteiger partial charge < -0.3 is 39.2 Å². The quantitative estimate of drug-likeness (QED) is 0.0250. The number of Topliss-reactive ketones (excluding diaryl/α,β-unsaturated/α-hetero) is 2. The fourth-order valence-corrected chi connectivity index (χ4v) is 13.5. The van der Waals surface area contributed by atoms with Gasteiger partial charge in [0.05, 0.1) is 23.7 Å². The average Bonchev–Trinajstić information content (AvgIpc) is 0.875. The number of aliphatic hydroxyl groups excluding tert-OH is 1. The molecular formula is C70H87NO14. The van der Waals surface area contributed by atoms with E-state index in [1.807, 2.05) is 6.92 Å². The molecule has 456 valence electrons. The summed E-state index contributed by atoms with van der Waals surface area (Å²) in [6.45, 7) is 18.9. The monoisotopic (exact) mass is 1170 g/mol. The third-order valence-electron chi connectivity index (χ3n) is 18.2. The Hall–Kier alpha value is -7.07. The topological polar surface area (TPSA) is 218 Å². The van der Waals surface area contributed by atoms with Gasteiger partial charge in [-0.2, -0.15) is 0 Å². The molecule has 3 aromatic rings. The standard InChI is InChI=1S/C70H87NO14/c1-43(2)25-23-28-45(4)30-24-29-44(3)26-21-22-27-46(5)37-38-58(76)84-62(60(51-33-17-13-18-34-51)71-65(78)52-35-19-14-20-36-52)66(79)83-55-41-70(80)53(39-54(74)50-31-15-12-16-32-50)63-68(11,56(75)40-57-69(63,42-81-57)85-49(8)73)64(77)61(82-48(7)72)59(47(55)6)67(70,9)10/h12-20,25-27,30-36,53,55-57,60-63,75,80H,21-24,28-29,37-42H2,1-11H3,(H,71,78)/b44-26+,45-30+,46-27?/t53?,55?,56-,57+,60-,61+,62?,63-,68+,69-,70+/m0/s1. The molecule has 3 unspecified atom stereocenters. The van der Waals surface area contributed by atoms with Crippen LogP contribution in [-0.4, -0.2) is 99.9 Å². The van der Waals surface area contributed by atoms with Gasteiger partial charge in [0.25, 0.3) is 5.91 Å². The van der Waals surface area contributed by atoms with Crippen LogP contribution in [-0.2, 0) is 47.7 Å². The lowest BCUT2D eigenvalue weighted by molar-refractivity contribution is -0.339. The molecule has 1 amide bonds. The molecule has 15 nitrogen and oxygen atoms in total. The number of esters is 4. The number of fused-ring (bicyclic) bond motifs is 5. The highest BCUT2D eigenvalue weighted by molar-refractivity contribution is 5.98. The molecule has 3 aliphatic carbocycles. The van der Waals surface area contributed by atoms with Crippen molar-refractivity contribution in [3.63, 3.8) is 0 Å². The maximum Gasteiger partial charge on any atom is 0.350 e. The number of ether oxygens (including phenoxy) is 5. The van der Waals surface area contributed by atoms with Crippen molar-refractivity contribution in [3.8, 4) is 0 Å². The van der Waals surface area contributed by atoms with Crippen LogP contribution < -0.4 is 5.32 Å². The van der Waals surface area contributed by atoms with Gasteiger partial charge in [-0.05, 0) is 122 Å². The molecular weight excluding hydrogens is 1080 g/mol. The van der Waals surface area contributed by atoms with Crippen LogP contribution in [0.25, 0.3) is 0 Å². The minimum Gasteiger partial charge on any atom is -0.455 e. The van der Waals surface area contributed by atoms with Gasteiger partial charge in [0.15, 0.2) is 23.3 Å². The maximum atomic E-state index is 15.9. The number of ketones is 2. The van der Waals surface area contributed by atoms with E-state index in [1.54, 1.807) is 112 Å². The number of allylic oxidation sites excluding steroid dienone is 8. The summed E-state index contributed by atoms with van der Waals surface area (Å²) in [6, 6.07) is 23.8. The van der Waals surface area contributed by atoms with Crippen molar-refractivity contribution in [2.45, 2.75) is 195 Å². The fraction of sp³-hybridized carbons (Fsp3) is 0.500. The number of hydrogen-bond acceptors (Lipinski definition) is 14. The van der Waals surface area contributed by atoms with E-state index in [4.69, 9.17) is 23.7 Å². The van der Waals surface area contributed by atoms with Crippen molar-refractivity contribution in [2.75, 3.05) is 6.61 Å². The molecule has 3 N–H and O–H groups in total. The zero-order valence-electron chi connectivity index (χ0n) is 51.4. The molecule has 15 heteroatoms. The zero-order valence-corrected chi connectivity index (χ0v) is 51.4. The van der Waals surface area contributed by atoms with Gasteiger partial charge in [-0.15, -0.1) is 0 Å².